The molecule has 1 aliphatic heterocycles. The third-order valence-electron chi connectivity index (χ3n) is 4.65. The molecule has 4 nitrogen and oxygen atoms in total. The van der Waals surface area contributed by atoms with E-state index in [1.165, 1.54) is 12.8 Å². The second-order valence-electron chi connectivity index (χ2n) is 6.68. The average Bonchev–Trinajstić information content (AvgIpc) is 2.82. The summed E-state index contributed by atoms with van der Waals surface area (Å²) in [5, 5.41) is 13.6. The number of carbonyl (C=O) groups is 1. The number of nitrogens with one attached hydrogen (secondary N) is 1. The van der Waals surface area contributed by atoms with Crippen molar-refractivity contribution in [3.05, 3.63) is 35.4 Å². The highest BCUT2D eigenvalue weighted by molar-refractivity contribution is 5.76. The lowest BCUT2D eigenvalue weighted by Gasteiger charge is -2.23. The maximum Gasteiger partial charge on any atom is 0.224 e. The van der Waals surface area contributed by atoms with E-state index in [0.717, 1.165) is 37.1 Å². The summed E-state index contributed by atoms with van der Waals surface area (Å²) in [4.78, 5) is 14.4. The predicted octanol–water partition coefficient (Wildman–Crippen LogP) is 2.80. The van der Waals surface area contributed by atoms with Crippen molar-refractivity contribution in [2.24, 2.45) is 0 Å². The molecule has 2 atom stereocenters. The van der Waals surface area contributed by atoms with Crippen LogP contribution in [-0.2, 0) is 4.79 Å². The fraction of sp³-hybridized carbons (Fsp3) is 0.632. The van der Waals surface area contributed by atoms with Crippen LogP contribution in [0.15, 0.2) is 24.3 Å². The number of carbonyl (C=O) groups excluding carboxylic acids is 1. The molecule has 1 aromatic rings. The first-order valence-corrected chi connectivity index (χ1v) is 8.82. The van der Waals surface area contributed by atoms with E-state index < -0.39 is 6.10 Å². The van der Waals surface area contributed by atoms with Crippen LogP contribution in [0.25, 0.3) is 0 Å². The topological polar surface area (TPSA) is 52.6 Å². The van der Waals surface area contributed by atoms with Gasteiger partial charge >= 0.3 is 0 Å². The number of hydrogen-bond acceptors (Lipinski definition) is 3. The molecule has 128 valence electrons. The highest BCUT2D eigenvalue weighted by Gasteiger charge is 2.18. The molecule has 23 heavy (non-hydrogen) atoms. The predicted molar refractivity (Wildman–Crippen MR) is 93.3 cm³/mol. The van der Waals surface area contributed by atoms with Gasteiger partial charge in [-0.2, -0.15) is 0 Å². The Labute approximate surface area is 139 Å². The third-order valence-corrected chi connectivity index (χ3v) is 4.65. The Morgan fingerprint density at radius 1 is 1.22 bits per heavy atom. The number of nitrogens with zero attached hydrogens (tertiary/aromatic N) is 1. The van der Waals surface area contributed by atoms with E-state index in [1.54, 1.807) is 0 Å². The summed E-state index contributed by atoms with van der Waals surface area (Å²) >= 11 is 0. The Morgan fingerprint density at radius 3 is 2.52 bits per heavy atom. The van der Waals surface area contributed by atoms with Crippen LogP contribution in [-0.4, -0.2) is 41.6 Å². The van der Waals surface area contributed by atoms with Gasteiger partial charge < -0.3 is 15.3 Å². The maximum absolute atomic E-state index is 12.4. The molecule has 1 aromatic carbocycles. The van der Waals surface area contributed by atoms with E-state index in [1.807, 2.05) is 43.0 Å². The van der Waals surface area contributed by atoms with E-state index in [2.05, 4.69) is 5.32 Å². The van der Waals surface area contributed by atoms with Gasteiger partial charge in [0.05, 0.1) is 6.10 Å². The Balaban J connectivity index is 1.77. The van der Waals surface area contributed by atoms with Crippen LogP contribution in [0, 0.1) is 6.92 Å². The molecule has 0 saturated carbocycles. The summed E-state index contributed by atoms with van der Waals surface area (Å²) in [6.07, 6.45) is 4.69. The molecule has 2 unspecified atom stereocenters. The molecule has 1 heterocycles. The summed E-state index contributed by atoms with van der Waals surface area (Å²) in [5.74, 6) is 0.234. The molecule has 2 rings (SSSR count). The van der Waals surface area contributed by atoms with Crippen LogP contribution in [0.3, 0.4) is 0 Å². The highest BCUT2D eigenvalue weighted by atomic mass is 16.3. The van der Waals surface area contributed by atoms with Crippen LogP contribution in [0.2, 0.25) is 0 Å². The van der Waals surface area contributed by atoms with E-state index in [-0.39, 0.29) is 11.9 Å². The Bertz CT molecular complexity index is 496. The molecule has 1 saturated heterocycles. The fourth-order valence-electron chi connectivity index (χ4n) is 3.17. The van der Waals surface area contributed by atoms with Gasteiger partial charge in [-0.1, -0.05) is 37.1 Å². The fourth-order valence-corrected chi connectivity index (χ4v) is 3.17. The number of aryl methyl sites for hydroxylation is 1. The normalized spacial score (nSPS) is 18.3. The van der Waals surface area contributed by atoms with Gasteiger partial charge in [0.25, 0.3) is 0 Å². The number of likely N-dealkylation sites (tertiary alicyclic amines) is 1. The average molecular weight is 318 g/mol. The van der Waals surface area contributed by atoms with Gasteiger partial charge in [0.1, 0.15) is 0 Å². The maximum atomic E-state index is 12.4. The number of rotatable bonds is 6. The zero-order valence-electron chi connectivity index (χ0n) is 14.4. The van der Waals surface area contributed by atoms with Crippen LogP contribution >= 0.6 is 0 Å². The molecule has 0 aliphatic carbocycles. The van der Waals surface area contributed by atoms with Crippen molar-refractivity contribution in [3.63, 3.8) is 0 Å². The molecule has 1 fully saturated rings. The van der Waals surface area contributed by atoms with Gasteiger partial charge in [-0.15, -0.1) is 0 Å². The van der Waals surface area contributed by atoms with Gasteiger partial charge in [-0.25, -0.2) is 0 Å². The largest absolute Gasteiger partial charge is 0.387 e. The lowest BCUT2D eigenvalue weighted by Crippen LogP contribution is -2.38. The Morgan fingerprint density at radius 2 is 1.87 bits per heavy atom. The molecule has 1 amide bonds. The number of hydrogen-bond donors (Lipinski definition) is 2. The first-order chi connectivity index (χ1) is 11.1. The van der Waals surface area contributed by atoms with E-state index in [9.17, 15) is 9.90 Å². The summed E-state index contributed by atoms with van der Waals surface area (Å²) in [6, 6.07) is 7.95. The zero-order valence-corrected chi connectivity index (χ0v) is 14.4. The van der Waals surface area contributed by atoms with Crippen molar-refractivity contribution in [2.75, 3.05) is 19.6 Å². The van der Waals surface area contributed by atoms with Crippen molar-refractivity contribution >= 4 is 5.91 Å². The van der Waals surface area contributed by atoms with Crippen molar-refractivity contribution in [1.29, 1.82) is 0 Å². The molecular formula is C19H30N2O2. The van der Waals surface area contributed by atoms with Gasteiger partial charge in [-0.3, -0.25) is 4.79 Å². The smallest absolute Gasteiger partial charge is 0.224 e. The monoisotopic (exact) mass is 318 g/mol. The highest BCUT2D eigenvalue weighted by Crippen LogP contribution is 2.17. The Hall–Kier alpha value is -1.39. The first kappa shape index (κ1) is 18.0. The lowest BCUT2D eigenvalue weighted by molar-refractivity contribution is -0.131. The van der Waals surface area contributed by atoms with Gasteiger partial charge in [-0.05, 0) is 37.8 Å². The summed E-state index contributed by atoms with van der Waals surface area (Å²) in [7, 11) is 0. The summed E-state index contributed by atoms with van der Waals surface area (Å²) < 4.78 is 0. The minimum absolute atomic E-state index is 0.0735. The number of aliphatic hydroxyl groups excluding tert-OH is 1. The van der Waals surface area contributed by atoms with E-state index >= 15 is 0 Å². The number of benzene rings is 1. The van der Waals surface area contributed by atoms with Crippen molar-refractivity contribution in [3.8, 4) is 0 Å². The van der Waals surface area contributed by atoms with E-state index in [0.29, 0.717) is 13.0 Å². The van der Waals surface area contributed by atoms with Crippen molar-refractivity contribution in [2.45, 2.75) is 58.1 Å². The molecule has 1 aliphatic rings. The molecule has 2 N–H and O–H groups in total. The molecule has 4 heteroatoms. The van der Waals surface area contributed by atoms with E-state index in [4.69, 9.17) is 0 Å². The molecular weight excluding hydrogens is 288 g/mol. The van der Waals surface area contributed by atoms with Crippen molar-refractivity contribution in [1.82, 2.24) is 10.2 Å². The van der Waals surface area contributed by atoms with Crippen LogP contribution in [0.4, 0.5) is 0 Å². The standard InChI is InChI=1S/C19H30N2O2/c1-15-9-5-6-10-17(15)18(22)14-20-16(2)13-19(23)21-11-7-3-4-8-12-21/h5-6,9-10,16,18,20,22H,3-4,7-8,11-14H2,1-2H3. The number of amides is 1. The van der Waals surface area contributed by atoms with Gasteiger partial charge in [0, 0.05) is 32.1 Å². The molecule has 0 aromatic heterocycles. The second-order valence-corrected chi connectivity index (χ2v) is 6.68. The van der Waals surface area contributed by atoms with Crippen LogP contribution < -0.4 is 5.32 Å². The molecule has 0 radical (unpaired) electrons. The van der Waals surface area contributed by atoms with Gasteiger partial charge in [0.15, 0.2) is 0 Å². The lowest BCUT2D eigenvalue weighted by atomic mass is 10.0. The summed E-state index contributed by atoms with van der Waals surface area (Å²) in [5.41, 5.74) is 2.04. The Kier molecular flexibility index (Phi) is 7.06. The SMILES string of the molecule is Cc1ccccc1C(O)CNC(C)CC(=O)N1CCCCCC1. The van der Waals surface area contributed by atoms with Crippen LogP contribution in [0.5, 0.6) is 0 Å². The molecule has 0 spiro atoms. The summed E-state index contributed by atoms with van der Waals surface area (Å²) in [6.45, 7) is 6.29. The second kappa shape index (κ2) is 9.04. The van der Waals surface area contributed by atoms with Crippen molar-refractivity contribution < 1.29 is 9.90 Å². The third kappa shape index (κ3) is 5.63. The molecule has 0 bridgehead atoms. The zero-order chi connectivity index (χ0) is 16.7. The quantitative estimate of drug-likeness (QED) is 0.848. The van der Waals surface area contributed by atoms with Crippen LogP contribution in [0.1, 0.15) is 56.3 Å². The number of aliphatic hydroxyl groups is 1. The first-order valence-electron chi connectivity index (χ1n) is 8.82. The minimum Gasteiger partial charge on any atom is -0.387 e. The minimum atomic E-state index is -0.535. The van der Waals surface area contributed by atoms with Gasteiger partial charge in [0.2, 0.25) is 5.91 Å².